The number of nitro benzene ring substituents is 1. The van der Waals surface area contributed by atoms with E-state index in [0.29, 0.717) is 19.4 Å². The van der Waals surface area contributed by atoms with Gasteiger partial charge >= 0.3 is 0 Å². The molecule has 3 rings (SSSR count). The molecule has 2 heterocycles. The summed E-state index contributed by atoms with van der Waals surface area (Å²) in [5.41, 5.74) is -0.0438. The van der Waals surface area contributed by atoms with Gasteiger partial charge in [-0.15, -0.1) is 11.3 Å². The summed E-state index contributed by atoms with van der Waals surface area (Å²) < 4.78 is 27.2. The number of amides is 1. The fourth-order valence-electron chi connectivity index (χ4n) is 3.50. The molecule has 0 saturated carbocycles. The monoisotopic (exact) mass is 498 g/mol. The highest BCUT2D eigenvalue weighted by atomic mass is 32.2. The molecule has 1 aliphatic rings. The highest BCUT2D eigenvalue weighted by molar-refractivity contribution is 7.98. The van der Waals surface area contributed by atoms with Crippen molar-refractivity contribution < 1.29 is 18.1 Å². The maximum atomic E-state index is 13.0. The minimum Gasteiger partial charge on any atom is -0.383 e. The molecule has 9 nitrogen and oxygen atoms in total. The van der Waals surface area contributed by atoms with E-state index in [1.807, 2.05) is 11.4 Å². The van der Waals surface area contributed by atoms with Gasteiger partial charge in [0, 0.05) is 55.0 Å². The largest absolute Gasteiger partial charge is 0.383 e. The van der Waals surface area contributed by atoms with Crippen LogP contribution in [0.5, 0.6) is 0 Å². The van der Waals surface area contributed by atoms with Gasteiger partial charge in [0.15, 0.2) is 0 Å². The number of sulfonamides is 1. The number of thiophene rings is 1. The Labute approximate surface area is 195 Å². The zero-order valence-corrected chi connectivity index (χ0v) is 20.1. The fraction of sp³-hybridized carbons (Fsp3) is 0.450. The lowest BCUT2D eigenvalue weighted by molar-refractivity contribution is -0.384. The van der Waals surface area contributed by atoms with Crippen LogP contribution in [-0.2, 0) is 20.6 Å². The number of thioether (sulfide) groups is 1. The molecule has 0 spiro atoms. The van der Waals surface area contributed by atoms with Crippen molar-refractivity contribution in [3.63, 3.8) is 0 Å². The molecular formula is C20H26N4O5S3. The summed E-state index contributed by atoms with van der Waals surface area (Å²) in [6.07, 6.45) is 0.841. The second-order valence-electron chi connectivity index (χ2n) is 7.29. The smallest absolute Gasteiger partial charge is 0.293 e. The summed E-state index contributed by atoms with van der Waals surface area (Å²) in [5.74, 6) is 1.47. The van der Waals surface area contributed by atoms with E-state index < -0.39 is 14.9 Å². The molecule has 2 N–H and O–H groups in total. The van der Waals surface area contributed by atoms with E-state index in [1.165, 1.54) is 28.4 Å². The molecule has 0 aliphatic carbocycles. The standard InChI is InChI=1S/C20H26N4O5S3/c1-21-18-5-4-17(13-19(18)24(26)27)32(28,29)23-9-6-15(7-10-23)20(25)22-8-12-30-14-16-3-2-11-31-16/h2-5,11,13,15,21H,6-10,12,14H2,1H3,(H,22,25). The first-order chi connectivity index (χ1) is 15.3. The van der Waals surface area contributed by atoms with E-state index in [2.05, 4.69) is 16.7 Å². The second-order valence-corrected chi connectivity index (χ2v) is 11.4. The van der Waals surface area contributed by atoms with Crippen LogP contribution in [0.2, 0.25) is 0 Å². The third-order valence-electron chi connectivity index (χ3n) is 5.27. The van der Waals surface area contributed by atoms with Gasteiger partial charge in [-0.3, -0.25) is 14.9 Å². The van der Waals surface area contributed by atoms with Crippen molar-refractivity contribution in [1.29, 1.82) is 0 Å². The van der Waals surface area contributed by atoms with Gasteiger partial charge in [0.05, 0.1) is 9.82 Å². The lowest BCUT2D eigenvalue weighted by Crippen LogP contribution is -2.43. The molecular weight excluding hydrogens is 472 g/mol. The van der Waals surface area contributed by atoms with Gasteiger partial charge in [-0.25, -0.2) is 8.42 Å². The zero-order valence-electron chi connectivity index (χ0n) is 17.7. The Bertz CT molecular complexity index is 1040. The molecule has 1 aliphatic heterocycles. The van der Waals surface area contributed by atoms with E-state index >= 15 is 0 Å². The van der Waals surface area contributed by atoms with Crippen LogP contribution in [0.4, 0.5) is 11.4 Å². The van der Waals surface area contributed by atoms with Crippen LogP contribution in [0, 0.1) is 16.0 Å². The van der Waals surface area contributed by atoms with Gasteiger partial charge in [-0.05, 0) is 36.4 Å². The van der Waals surface area contributed by atoms with Crippen molar-refractivity contribution in [3.05, 3.63) is 50.7 Å². The van der Waals surface area contributed by atoms with Gasteiger partial charge in [-0.1, -0.05) is 6.07 Å². The molecule has 1 aromatic heterocycles. The van der Waals surface area contributed by atoms with Crippen molar-refractivity contribution in [3.8, 4) is 0 Å². The van der Waals surface area contributed by atoms with Crippen LogP contribution in [0.15, 0.2) is 40.6 Å². The molecule has 1 amide bonds. The Balaban J connectivity index is 1.49. The number of hydrogen-bond donors (Lipinski definition) is 2. The molecule has 174 valence electrons. The average Bonchev–Trinajstić information content (AvgIpc) is 3.31. The van der Waals surface area contributed by atoms with E-state index in [9.17, 15) is 23.3 Å². The van der Waals surface area contributed by atoms with Crippen LogP contribution in [0.3, 0.4) is 0 Å². The Morgan fingerprint density at radius 2 is 2.06 bits per heavy atom. The Hall–Kier alpha value is -2.15. The number of nitrogens with one attached hydrogen (secondary N) is 2. The van der Waals surface area contributed by atoms with Crippen LogP contribution in [-0.4, -0.2) is 56.0 Å². The van der Waals surface area contributed by atoms with E-state index in [1.54, 1.807) is 23.1 Å². The second kappa shape index (κ2) is 11.1. The first kappa shape index (κ1) is 24.5. The number of anilines is 1. The predicted molar refractivity (Wildman–Crippen MR) is 128 cm³/mol. The predicted octanol–water partition coefficient (Wildman–Crippen LogP) is 3.15. The molecule has 0 radical (unpaired) electrons. The maximum Gasteiger partial charge on any atom is 0.293 e. The molecule has 32 heavy (non-hydrogen) atoms. The number of hydrogen-bond acceptors (Lipinski definition) is 8. The number of nitrogens with zero attached hydrogens (tertiary/aromatic N) is 2. The number of piperidine rings is 1. The topological polar surface area (TPSA) is 122 Å². The summed E-state index contributed by atoms with van der Waals surface area (Å²) in [6.45, 7) is 0.985. The molecule has 0 atom stereocenters. The van der Waals surface area contributed by atoms with Crippen LogP contribution in [0.1, 0.15) is 17.7 Å². The summed E-state index contributed by atoms with van der Waals surface area (Å²) >= 11 is 3.48. The lowest BCUT2D eigenvalue weighted by Gasteiger charge is -2.30. The summed E-state index contributed by atoms with van der Waals surface area (Å²) in [7, 11) is -2.33. The molecule has 1 fully saturated rings. The van der Waals surface area contributed by atoms with Crippen LogP contribution < -0.4 is 10.6 Å². The molecule has 1 aromatic carbocycles. The number of benzene rings is 1. The van der Waals surface area contributed by atoms with Crippen LogP contribution in [0.25, 0.3) is 0 Å². The minimum atomic E-state index is -3.87. The molecule has 2 aromatic rings. The highest BCUT2D eigenvalue weighted by Crippen LogP contribution is 2.30. The summed E-state index contributed by atoms with van der Waals surface area (Å²) in [4.78, 5) is 24.3. The quantitative estimate of drug-likeness (QED) is 0.293. The number of carbonyl (C=O) groups excluding carboxylic acids is 1. The Morgan fingerprint density at radius 3 is 2.69 bits per heavy atom. The van der Waals surface area contributed by atoms with Gasteiger partial charge in [0.1, 0.15) is 5.69 Å². The number of carbonyl (C=O) groups is 1. The van der Waals surface area contributed by atoms with Crippen molar-refractivity contribution in [1.82, 2.24) is 9.62 Å². The van der Waals surface area contributed by atoms with Crippen molar-refractivity contribution in [2.24, 2.45) is 5.92 Å². The normalized spacial score (nSPS) is 15.4. The maximum absolute atomic E-state index is 13.0. The third kappa shape index (κ3) is 6.00. The van der Waals surface area contributed by atoms with E-state index in [-0.39, 0.29) is 41.2 Å². The molecule has 0 bridgehead atoms. The highest BCUT2D eigenvalue weighted by Gasteiger charge is 2.33. The molecule has 1 saturated heterocycles. The van der Waals surface area contributed by atoms with Gasteiger partial charge in [-0.2, -0.15) is 16.1 Å². The van der Waals surface area contributed by atoms with E-state index in [0.717, 1.165) is 17.6 Å². The van der Waals surface area contributed by atoms with Crippen molar-refractivity contribution in [2.45, 2.75) is 23.5 Å². The molecule has 0 unspecified atom stereocenters. The number of rotatable bonds is 10. The first-order valence-electron chi connectivity index (χ1n) is 10.2. The average molecular weight is 499 g/mol. The summed E-state index contributed by atoms with van der Waals surface area (Å²) in [5, 5.41) is 18.9. The van der Waals surface area contributed by atoms with Gasteiger partial charge in [0.2, 0.25) is 15.9 Å². The first-order valence-corrected chi connectivity index (χ1v) is 13.6. The minimum absolute atomic E-state index is 0.0483. The SMILES string of the molecule is CNc1ccc(S(=O)(=O)N2CCC(C(=O)NCCSCc3cccs3)CC2)cc1[N+](=O)[O-]. The van der Waals surface area contributed by atoms with Gasteiger partial charge in [0.25, 0.3) is 5.69 Å². The Morgan fingerprint density at radius 1 is 1.31 bits per heavy atom. The van der Waals surface area contributed by atoms with E-state index in [4.69, 9.17) is 0 Å². The van der Waals surface area contributed by atoms with Crippen molar-refractivity contribution in [2.75, 3.05) is 37.8 Å². The molecule has 12 heteroatoms. The summed E-state index contributed by atoms with van der Waals surface area (Å²) in [6, 6.07) is 7.94. The van der Waals surface area contributed by atoms with Crippen LogP contribution >= 0.6 is 23.1 Å². The lowest BCUT2D eigenvalue weighted by atomic mass is 9.97. The Kier molecular flexibility index (Phi) is 8.51. The van der Waals surface area contributed by atoms with Crippen molar-refractivity contribution >= 4 is 50.4 Å². The number of nitro groups is 1. The zero-order chi connectivity index (χ0) is 23.1. The third-order valence-corrected chi connectivity index (χ3v) is 9.23. The fourth-order valence-corrected chi connectivity index (χ4v) is 6.69. The van der Waals surface area contributed by atoms with Gasteiger partial charge < -0.3 is 10.6 Å².